The highest BCUT2D eigenvalue weighted by molar-refractivity contribution is 5.94. The summed E-state index contributed by atoms with van der Waals surface area (Å²) in [4.78, 5) is 20.6. The van der Waals surface area contributed by atoms with Gasteiger partial charge in [-0.1, -0.05) is 24.6 Å². The van der Waals surface area contributed by atoms with Crippen LogP contribution in [0.15, 0.2) is 41.9 Å². The Morgan fingerprint density at radius 2 is 2.00 bits per heavy atom. The molecule has 27 heavy (non-hydrogen) atoms. The number of amides is 1. The average molecular weight is 373 g/mol. The fraction of sp³-hybridized carbons (Fsp3) is 0.545. The molecule has 0 saturated carbocycles. The summed E-state index contributed by atoms with van der Waals surface area (Å²) in [6.45, 7) is 8.40. The number of carbonyl (C=O) groups is 1. The van der Waals surface area contributed by atoms with Gasteiger partial charge in [-0.3, -0.25) is 9.79 Å². The fourth-order valence-corrected chi connectivity index (χ4v) is 2.80. The smallest absolute Gasteiger partial charge is 0.253 e. The Morgan fingerprint density at radius 3 is 2.67 bits per heavy atom. The number of carbonyl (C=O) groups excluding carboxylic acids is 1. The lowest BCUT2D eigenvalue weighted by Gasteiger charge is -2.22. The van der Waals surface area contributed by atoms with Gasteiger partial charge >= 0.3 is 0 Å². The van der Waals surface area contributed by atoms with E-state index in [0.29, 0.717) is 6.54 Å². The van der Waals surface area contributed by atoms with Crippen LogP contribution in [0.1, 0.15) is 48.5 Å². The molecule has 0 bridgehead atoms. The number of aliphatic imine (C=N–C) groups is 1. The number of allylic oxidation sites excluding steroid dienone is 1. The van der Waals surface area contributed by atoms with E-state index in [2.05, 4.69) is 36.8 Å². The van der Waals surface area contributed by atoms with Gasteiger partial charge in [-0.2, -0.15) is 0 Å². The van der Waals surface area contributed by atoms with Crippen LogP contribution in [0.25, 0.3) is 0 Å². The summed E-state index contributed by atoms with van der Waals surface area (Å²) in [5.74, 6) is 0.978. The van der Waals surface area contributed by atoms with Crippen molar-refractivity contribution in [1.82, 2.24) is 15.1 Å². The van der Waals surface area contributed by atoms with Gasteiger partial charge in [0.1, 0.15) is 0 Å². The molecule has 0 aromatic heterocycles. The zero-order chi connectivity index (χ0) is 20.1. The van der Waals surface area contributed by atoms with E-state index < -0.39 is 0 Å². The SMILES string of the molecule is C=CCCCCCN(C)C(=NCCc1cccc(C(=O)N(C)C)c1)NCC. The van der Waals surface area contributed by atoms with Crippen LogP contribution in [-0.4, -0.2) is 62.4 Å². The van der Waals surface area contributed by atoms with Crippen LogP contribution in [0.3, 0.4) is 0 Å². The predicted molar refractivity (Wildman–Crippen MR) is 115 cm³/mol. The molecular weight excluding hydrogens is 336 g/mol. The number of guanidine groups is 1. The molecule has 0 aliphatic carbocycles. The lowest BCUT2D eigenvalue weighted by Crippen LogP contribution is -2.39. The summed E-state index contributed by atoms with van der Waals surface area (Å²) in [6.07, 6.45) is 7.46. The molecule has 0 radical (unpaired) electrons. The van der Waals surface area contributed by atoms with Crippen molar-refractivity contribution in [2.24, 2.45) is 4.99 Å². The first kappa shape index (κ1) is 22.7. The van der Waals surface area contributed by atoms with Crippen LogP contribution in [0, 0.1) is 0 Å². The molecule has 0 spiro atoms. The van der Waals surface area contributed by atoms with Gasteiger partial charge in [0.15, 0.2) is 5.96 Å². The molecule has 1 aromatic carbocycles. The largest absolute Gasteiger partial charge is 0.357 e. The highest BCUT2D eigenvalue weighted by atomic mass is 16.2. The minimum absolute atomic E-state index is 0.0323. The maximum atomic E-state index is 12.1. The molecule has 5 nitrogen and oxygen atoms in total. The van der Waals surface area contributed by atoms with Crippen LogP contribution in [0.5, 0.6) is 0 Å². The molecule has 0 fully saturated rings. The zero-order valence-corrected chi connectivity index (χ0v) is 17.5. The summed E-state index contributed by atoms with van der Waals surface area (Å²) in [5.41, 5.74) is 1.86. The van der Waals surface area contributed by atoms with Gasteiger partial charge in [-0.15, -0.1) is 6.58 Å². The van der Waals surface area contributed by atoms with E-state index >= 15 is 0 Å². The minimum Gasteiger partial charge on any atom is -0.357 e. The summed E-state index contributed by atoms with van der Waals surface area (Å²) < 4.78 is 0. The van der Waals surface area contributed by atoms with E-state index in [1.165, 1.54) is 12.8 Å². The predicted octanol–water partition coefficient (Wildman–Crippen LogP) is 3.57. The third-order valence-electron chi connectivity index (χ3n) is 4.34. The van der Waals surface area contributed by atoms with Gasteiger partial charge in [0.05, 0.1) is 0 Å². The second kappa shape index (κ2) is 13.0. The van der Waals surface area contributed by atoms with E-state index in [4.69, 9.17) is 4.99 Å². The fourth-order valence-electron chi connectivity index (χ4n) is 2.80. The number of hydrogen-bond acceptors (Lipinski definition) is 2. The maximum Gasteiger partial charge on any atom is 0.253 e. The quantitative estimate of drug-likeness (QED) is 0.280. The molecule has 0 aliphatic rings. The van der Waals surface area contributed by atoms with Gasteiger partial charge in [0, 0.05) is 46.3 Å². The lowest BCUT2D eigenvalue weighted by atomic mass is 10.1. The zero-order valence-electron chi connectivity index (χ0n) is 17.5. The molecule has 5 heteroatoms. The Morgan fingerprint density at radius 1 is 1.22 bits per heavy atom. The number of nitrogens with one attached hydrogen (secondary N) is 1. The Hall–Kier alpha value is -2.30. The molecule has 150 valence electrons. The second-order valence-corrected chi connectivity index (χ2v) is 6.95. The normalized spacial score (nSPS) is 11.2. The second-order valence-electron chi connectivity index (χ2n) is 6.95. The highest BCUT2D eigenvalue weighted by Gasteiger charge is 2.08. The summed E-state index contributed by atoms with van der Waals surface area (Å²) in [6, 6.07) is 7.82. The first-order chi connectivity index (χ1) is 13.0. The van der Waals surface area contributed by atoms with Crippen molar-refractivity contribution in [2.45, 2.75) is 39.0 Å². The van der Waals surface area contributed by atoms with Gasteiger partial charge in [0.2, 0.25) is 0 Å². The molecular formula is C22H36N4O. The van der Waals surface area contributed by atoms with Crippen LogP contribution < -0.4 is 5.32 Å². The first-order valence-electron chi connectivity index (χ1n) is 9.90. The van der Waals surface area contributed by atoms with Crippen molar-refractivity contribution in [3.05, 3.63) is 48.0 Å². The number of benzene rings is 1. The molecule has 0 aliphatic heterocycles. The van der Waals surface area contributed by atoms with Gasteiger partial charge < -0.3 is 15.1 Å². The van der Waals surface area contributed by atoms with E-state index in [-0.39, 0.29) is 5.91 Å². The number of hydrogen-bond donors (Lipinski definition) is 1. The average Bonchev–Trinajstić information content (AvgIpc) is 2.66. The van der Waals surface area contributed by atoms with E-state index in [9.17, 15) is 4.79 Å². The van der Waals surface area contributed by atoms with Gasteiger partial charge in [0.25, 0.3) is 5.91 Å². The van der Waals surface area contributed by atoms with E-state index in [1.54, 1.807) is 19.0 Å². The Labute approximate surface area is 165 Å². The third-order valence-corrected chi connectivity index (χ3v) is 4.34. The van der Waals surface area contributed by atoms with Crippen molar-refractivity contribution < 1.29 is 4.79 Å². The summed E-state index contributed by atoms with van der Waals surface area (Å²) in [5, 5.41) is 3.36. The van der Waals surface area contributed by atoms with Crippen molar-refractivity contribution in [2.75, 3.05) is 40.8 Å². The Kier molecular flexibility index (Phi) is 10.9. The molecule has 0 unspecified atom stereocenters. The van der Waals surface area contributed by atoms with Crippen molar-refractivity contribution in [3.63, 3.8) is 0 Å². The molecule has 0 saturated heterocycles. The van der Waals surface area contributed by atoms with E-state index in [1.807, 2.05) is 24.3 Å². The van der Waals surface area contributed by atoms with Gasteiger partial charge in [-0.05, 0) is 50.3 Å². The van der Waals surface area contributed by atoms with Crippen molar-refractivity contribution in [1.29, 1.82) is 0 Å². The summed E-state index contributed by atoms with van der Waals surface area (Å²) in [7, 11) is 5.63. The van der Waals surface area contributed by atoms with Crippen molar-refractivity contribution in [3.8, 4) is 0 Å². The topological polar surface area (TPSA) is 47.9 Å². The Balaban J connectivity index is 2.58. The maximum absolute atomic E-state index is 12.1. The van der Waals surface area contributed by atoms with Crippen LogP contribution in [-0.2, 0) is 6.42 Å². The van der Waals surface area contributed by atoms with Gasteiger partial charge in [-0.25, -0.2) is 0 Å². The third kappa shape index (κ3) is 8.76. The molecule has 1 rings (SSSR count). The first-order valence-corrected chi connectivity index (χ1v) is 9.90. The standard InChI is InChI=1S/C22H36N4O/c1-6-8-9-10-11-17-26(5)22(23-7-2)24-16-15-19-13-12-14-20(18-19)21(27)25(3)4/h6,12-14,18H,1,7-11,15-17H2,2-5H3,(H,23,24). The van der Waals surface area contributed by atoms with Crippen LogP contribution >= 0.6 is 0 Å². The monoisotopic (exact) mass is 372 g/mol. The highest BCUT2D eigenvalue weighted by Crippen LogP contribution is 2.08. The number of unbranched alkanes of at least 4 members (excludes halogenated alkanes) is 3. The van der Waals surface area contributed by atoms with Crippen LogP contribution in [0.4, 0.5) is 0 Å². The number of nitrogens with zero attached hydrogens (tertiary/aromatic N) is 3. The molecule has 0 atom stereocenters. The number of rotatable bonds is 11. The van der Waals surface area contributed by atoms with Crippen molar-refractivity contribution >= 4 is 11.9 Å². The molecule has 1 amide bonds. The van der Waals surface area contributed by atoms with Crippen LogP contribution in [0.2, 0.25) is 0 Å². The van der Waals surface area contributed by atoms with E-state index in [0.717, 1.165) is 49.4 Å². The Bertz CT molecular complexity index is 610. The molecule has 0 heterocycles. The summed E-state index contributed by atoms with van der Waals surface area (Å²) >= 11 is 0. The minimum atomic E-state index is 0.0323. The lowest BCUT2D eigenvalue weighted by molar-refractivity contribution is 0.0827. The molecule has 1 aromatic rings. The molecule has 1 N–H and O–H groups in total.